The fraction of sp³-hybridized carbons (Fsp3) is 0.370. The van der Waals surface area contributed by atoms with Crippen molar-refractivity contribution in [2.45, 2.75) is 31.2 Å². The number of nitrogens with zero attached hydrogens (tertiary/aromatic N) is 2. The number of carbonyl (C=O) groups is 1. The van der Waals surface area contributed by atoms with Crippen molar-refractivity contribution in [2.24, 2.45) is 0 Å². The van der Waals surface area contributed by atoms with Crippen molar-refractivity contribution < 1.29 is 36.2 Å². The largest absolute Gasteiger partial charge is 0.416 e. The van der Waals surface area contributed by atoms with Crippen LogP contribution in [-0.4, -0.2) is 59.6 Å². The smallest absolute Gasteiger partial charge is 0.396 e. The molecule has 1 fully saturated rings. The van der Waals surface area contributed by atoms with Crippen molar-refractivity contribution in [1.29, 1.82) is 0 Å². The molecule has 0 radical (unpaired) electrons. The lowest BCUT2D eigenvalue weighted by Crippen LogP contribution is -2.56. The van der Waals surface area contributed by atoms with Crippen LogP contribution < -0.4 is 0 Å². The van der Waals surface area contributed by atoms with Crippen molar-refractivity contribution in [2.75, 3.05) is 32.8 Å². The maximum atomic E-state index is 13.4. The third-order valence-electron chi connectivity index (χ3n) is 6.58. The first kappa shape index (κ1) is 26.9. The first-order chi connectivity index (χ1) is 17.5. The quantitative estimate of drug-likeness (QED) is 0.426. The van der Waals surface area contributed by atoms with E-state index in [1.54, 1.807) is 0 Å². The summed E-state index contributed by atoms with van der Waals surface area (Å²) < 4.78 is 80.3. The molecule has 0 unspecified atom stereocenters. The summed E-state index contributed by atoms with van der Waals surface area (Å²) in [5.74, 6) is -0.871. The van der Waals surface area contributed by atoms with Gasteiger partial charge in [0.1, 0.15) is 0 Å². The van der Waals surface area contributed by atoms with Gasteiger partial charge in [0.05, 0.1) is 11.1 Å². The molecule has 1 atom stereocenters. The van der Waals surface area contributed by atoms with Gasteiger partial charge in [0, 0.05) is 44.4 Å². The predicted molar refractivity (Wildman–Crippen MR) is 127 cm³/mol. The Morgan fingerprint density at radius 1 is 0.865 bits per heavy atom. The third kappa shape index (κ3) is 6.42. The number of aliphatic hydroxyl groups is 1. The van der Waals surface area contributed by atoms with E-state index >= 15 is 0 Å². The van der Waals surface area contributed by atoms with Gasteiger partial charge in [-0.1, -0.05) is 42.5 Å². The number of fused-ring (bicyclic) bond motifs is 1. The Balaban J connectivity index is 1.67. The molecule has 0 spiro atoms. The van der Waals surface area contributed by atoms with Crippen molar-refractivity contribution in [3.63, 3.8) is 0 Å². The van der Waals surface area contributed by atoms with Gasteiger partial charge < -0.3 is 10.0 Å². The molecular formula is C27H26F6N2O2. The van der Waals surface area contributed by atoms with E-state index in [0.717, 1.165) is 16.3 Å². The molecule has 3 aromatic carbocycles. The van der Waals surface area contributed by atoms with E-state index < -0.39 is 41.0 Å². The average molecular weight is 525 g/mol. The van der Waals surface area contributed by atoms with Gasteiger partial charge in [-0.15, -0.1) is 0 Å². The summed E-state index contributed by atoms with van der Waals surface area (Å²) in [4.78, 5) is 16.8. The molecule has 1 aliphatic rings. The van der Waals surface area contributed by atoms with Crippen LogP contribution in [0, 0.1) is 0 Å². The van der Waals surface area contributed by atoms with Gasteiger partial charge >= 0.3 is 12.4 Å². The second kappa shape index (κ2) is 10.7. The molecule has 1 saturated heterocycles. The second-order valence-corrected chi connectivity index (χ2v) is 9.21. The highest BCUT2D eigenvalue weighted by molar-refractivity contribution is 5.95. The predicted octanol–water partition coefficient (Wildman–Crippen LogP) is 5.63. The number of alkyl halides is 6. The van der Waals surface area contributed by atoms with Crippen LogP contribution in [0.1, 0.15) is 33.5 Å². The maximum Gasteiger partial charge on any atom is 0.416 e. The Morgan fingerprint density at radius 3 is 2.14 bits per heavy atom. The number of benzene rings is 3. The number of aliphatic hydroxyl groups excluding tert-OH is 1. The van der Waals surface area contributed by atoms with Crippen molar-refractivity contribution in [3.8, 4) is 0 Å². The van der Waals surface area contributed by atoms with Crippen LogP contribution in [0.25, 0.3) is 10.8 Å². The summed E-state index contributed by atoms with van der Waals surface area (Å²) >= 11 is 0. The molecular weight excluding hydrogens is 498 g/mol. The Kier molecular flexibility index (Phi) is 7.80. The van der Waals surface area contributed by atoms with Gasteiger partial charge in [-0.3, -0.25) is 9.69 Å². The van der Waals surface area contributed by atoms with E-state index in [4.69, 9.17) is 0 Å². The molecule has 0 aliphatic carbocycles. The van der Waals surface area contributed by atoms with Crippen LogP contribution in [0.15, 0.2) is 60.7 Å². The van der Waals surface area contributed by atoms with Crippen molar-refractivity contribution in [1.82, 2.24) is 9.80 Å². The molecule has 3 aromatic rings. The van der Waals surface area contributed by atoms with E-state index in [1.165, 1.54) is 4.90 Å². The first-order valence-electron chi connectivity index (χ1n) is 11.9. The zero-order valence-corrected chi connectivity index (χ0v) is 19.8. The Hall–Kier alpha value is -3.11. The van der Waals surface area contributed by atoms with Gasteiger partial charge in [0.15, 0.2) is 0 Å². The first-order valence-corrected chi connectivity index (χ1v) is 11.9. The number of amides is 1. The molecule has 37 heavy (non-hydrogen) atoms. The third-order valence-corrected chi connectivity index (χ3v) is 6.58. The van der Waals surface area contributed by atoms with Crippen molar-refractivity contribution in [3.05, 3.63) is 82.9 Å². The monoisotopic (exact) mass is 524 g/mol. The number of halogens is 6. The normalized spacial score (nSPS) is 17.4. The zero-order valence-electron chi connectivity index (χ0n) is 19.8. The van der Waals surface area contributed by atoms with Gasteiger partial charge in [-0.2, -0.15) is 26.3 Å². The summed E-state index contributed by atoms with van der Waals surface area (Å²) in [7, 11) is 0. The SMILES string of the molecule is O=C(c1cc(C(F)(F)F)cc(C(F)(F)F)c1)N1CCN(CCCO)C[C@H]1Cc1ccc2ccccc2c1. The summed E-state index contributed by atoms with van der Waals surface area (Å²) in [5.41, 5.74) is -2.78. The van der Waals surface area contributed by atoms with E-state index in [-0.39, 0.29) is 19.2 Å². The topological polar surface area (TPSA) is 43.8 Å². The van der Waals surface area contributed by atoms with Gasteiger partial charge in [-0.25, -0.2) is 0 Å². The number of rotatable bonds is 6. The van der Waals surface area contributed by atoms with Crippen molar-refractivity contribution >= 4 is 16.7 Å². The van der Waals surface area contributed by atoms with Gasteiger partial charge in [0.2, 0.25) is 0 Å². The summed E-state index contributed by atoms with van der Waals surface area (Å²) in [6.07, 6.45) is -9.19. The highest BCUT2D eigenvalue weighted by Gasteiger charge is 2.39. The Bertz CT molecular complexity index is 1230. The summed E-state index contributed by atoms with van der Waals surface area (Å²) in [5, 5.41) is 11.2. The molecule has 0 saturated carbocycles. The Morgan fingerprint density at radius 2 is 1.51 bits per heavy atom. The zero-order chi connectivity index (χ0) is 26.8. The van der Waals surface area contributed by atoms with E-state index in [1.807, 2.05) is 47.4 Å². The Labute approximate surface area is 210 Å². The highest BCUT2D eigenvalue weighted by Crippen LogP contribution is 2.37. The molecule has 1 amide bonds. The van der Waals surface area contributed by atoms with Gasteiger partial charge in [-0.05, 0) is 47.4 Å². The molecule has 1 N–H and O–H groups in total. The lowest BCUT2D eigenvalue weighted by atomic mass is 9.97. The summed E-state index contributed by atoms with van der Waals surface area (Å²) in [6, 6.07) is 14.0. The second-order valence-electron chi connectivity index (χ2n) is 9.21. The molecule has 4 rings (SSSR count). The molecule has 10 heteroatoms. The molecule has 1 aliphatic heterocycles. The molecule has 1 heterocycles. The van der Waals surface area contributed by atoms with Crippen LogP contribution in [0.2, 0.25) is 0 Å². The molecule has 0 aromatic heterocycles. The molecule has 0 bridgehead atoms. The minimum atomic E-state index is -5.04. The standard InChI is InChI=1S/C27H26F6N2O2/c28-26(29,30)22-14-21(15-23(16-22)27(31,32)33)25(37)35-10-9-34(8-3-11-36)17-24(35)13-18-6-7-19-4-1-2-5-20(19)12-18/h1-2,4-7,12,14-16,24,36H,3,8-11,13,17H2/t24-/m1/s1. The van der Waals surface area contributed by atoms with Gasteiger partial charge in [0.25, 0.3) is 5.91 Å². The van der Waals surface area contributed by atoms with E-state index in [9.17, 15) is 36.2 Å². The highest BCUT2D eigenvalue weighted by atomic mass is 19.4. The maximum absolute atomic E-state index is 13.4. The lowest BCUT2D eigenvalue weighted by Gasteiger charge is -2.42. The number of piperazine rings is 1. The van der Waals surface area contributed by atoms with Crippen LogP contribution in [0.4, 0.5) is 26.3 Å². The summed E-state index contributed by atoms with van der Waals surface area (Å²) in [6.45, 7) is 1.46. The minimum absolute atomic E-state index is 0.0149. The van der Waals surface area contributed by atoms with Crippen LogP contribution in [0.5, 0.6) is 0 Å². The number of hydrogen-bond acceptors (Lipinski definition) is 3. The van der Waals surface area contributed by atoms with Crippen LogP contribution >= 0.6 is 0 Å². The van der Waals surface area contributed by atoms with E-state index in [2.05, 4.69) is 0 Å². The fourth-order valence-corrected chi connectivity index (χ4v) is 4.74. The number of carbonyl (C=O) groups excluding carboxylic acids is 1. The fourth-order valence-electron chi connectivity index (χ4n) is 4.74. The lowest BCUT2D eigenvalue weighted by molar-refractivity contribution is -0.143. The number of hydrogen-bond donors (Lipinski definition) is 1. The molecule has 198 valence electrons. The van der Waals surface area contributed by atoms with Crippen LogP contribution in [-0.2, 0) is 18.8 Å². The van der Waals surface area contributed by atoms with E-state index in [0.29, 0.717) is 44.6 Å². The average Bonchev–Trinajstić information content (AvgIpc) is 2.86. The molecule has 4 nitrogen and oxygen atoms in total. The minimum Gasteiger partial charge on any atom is -0.396 e. The van der Waals surface area contributed by atoms with Crippen LogP contribution in [0.3, 0.4) is 0 Å².